The zero-order chi connectivity index (χ0) is 23.5. The molecule has 3 aromatic rings. The van der Waals surface area contributed by atoms with E-state index in [4.69, 9.17) is 25.8 Å². The minimum Gasteiger partial charge on any atom is -0.497 e. The van der Waals surface area contributed by atoms with Gasteiger partial charge in [-0.25, -0.2) is 0 Å². The van der Waals surface area contributed by atoms with Crippen molar-refractivity contribution in [1.82, 2.24) is 0 Å². The summed E-state index contributed by atoms with van der Waals surface area (Å²) in [4.78, 5) is 15.3. The van der Waals surface area contributed by atoms with Gasteiger partial charge in [0.1, 0.15) is 5.75 Å². The van der Waals surface area contributed by atoms with E-state index in [2.05, 4.69) is 13.8 Å². The summed E-state index contributed by atoms with van der Waals surface area (Å²) in [5, 5.41) is 0.646. The standard InChI is InChI=1S/C27H28ClNO4/c1-17(2)16-33-25-15-23-19(13-24(25)32-4)14-26(30)29(21-9-11-22(31-3)12-10-21)27(23)18-5-7-20(28)8-6-18/h5-13,15,17,27H,14,16H2,1-4H3. The van der Waals surface area contributed by atoms with Gasteiger partial charge in [-0.1, -0.05) is 37.6 Å². The van der Waals surface area contributed by atoms with E-state index in [1.807, 2.05) is 65.6 Å². The molecule has 0 spiro atoms. The molecule has 1 unspecified atom stereocenters. The van der Waals surface area contributed by atoms with Crippen LogP contribution in [0.15, 0.2) is 60.7 Å². The van der Waals surface area contributed by atoms with Gasteiger partial charge in [0.05, 0.1) is 33.3 Å². The monoisotopic (exact) mass is 465 g/mol. The first kappa shape index (κ1) is 23.0. The number of benzene rings is 3. The first-order valence-electron chi connectivity index (χ1n) is 11.0. The van der Waals surface area contributed by atoms with Crippen molar-refractivity contribution >= 4 is 23.2 Å². The van der Waals surface area contributed by atoms with Gasteiger partial charge >= 0.3 is 0 Å². The number of anilines is 1. The third kappa shape index (κ3) is 4.79. The average Bonchev–Trinajstić information content (AvgIpc) is 2.82. The Morgan fingerprint density at radius 1 is 0.970 bits per heavy atom. The molecule has 6 heteroatoms. The van der Waals surface area contributed by atoms with E-state index < -0.39 is 0 Å². The highest BCUT2D eigenvalue weighted by Gasteiger charge is 2.36. The minimum atomic E-state index is -0.334. The van der Waals surface area contributed by atoms with Crippen LogP contribution in [0.5, 0.6) is 17.2 Å². The van der Waals surface area contributed by atoms with Crippen LogP contribution >= 0.6 is 11.6 Å². The van der Waals surface area contributed by atoms with Crippen molar-refractivity contribution in [2.24, 2.45) is 5.92 Å². The highest BCUT2D eigenvalue weighted by atomic mass is 35.5. The summed E-state index contributed by atoms with van der Waals surface area (Å²) in [6.07, 6.45) is 0.270. The number of rotatable bonds is 7. The number of amides is 1. The maximum atomic E-state index is 13.5. The van der Waals surface area contributed by atoms with Crippen molar-refractivity contribution < 1.29 is 19.0 Å². The molecule has 4 rings (SSSR count). The van der Waals surface area contributed by atoms with Crippen LogP contribution < -0.4 is 19.1 Å². The molecule has 0 bridgehead atoms. The van der Waals surface area contributed by atoms with Crippen molar-refractivity contribution in [3.63, 3.8) is 0 Å². The molecular formula is C27H28ClNO4. The van der Waals surface area contributed by atoms with Gasteiger partial charge in [-0.3, -0.25) is 4.79 Å². The molecule has 0 fully saturated rings. The Morgan fingerprint density at radius 3 is 2.27 bits per heavy atom. The van der Waals surface area contributed by atoms with E-state index in [1.54, 1.807) is 14.2 Å². The fraction of sp³-hybridized carbons (Fsp3) is 0.296. The molecule has 0 N–H and O–H groups in total. The van der Waals surface area contributed by atoms with E-state index in [0.29, 0.717) is 29.0 Å². The van der Waals surface area contributed by atoms with Crippen molar-refractivity contribution in [2.45, 2.75) is 26.3 Å². The van der Waals surface area contributed by atoms with E-state index in [9.17, 15) is 4.79 Å². The van der Waals surface area contributed by atoms with E-state index >= 15 is 0 Å². The second kappa shape index (κ2) is 9.75. The molecule has 0 radical (unpaired) electrons. The maximum Gasteiger partial charge on any atom is 0.232 e. The number of hydrogen-bond donors (Lipinski definition) is 0. The molecule has 1 atom stereocenters. The van der Waals surface area contributed by atoms with Gasteiger partial charge in [-0.15, -0.1) is 0 Å². The Morgan fingerprint density at radius 2 is 1.67 bits per heavy atom. The molecule has 1 aliphatic heterocycles. The van der Waals surface area contributed by atoms with Crippen molar-refractivity contribution in [3.05, 3.63) is 82.4 Å². The summed E-state index contributed by atoms with van der Waals surface area (Å²) in [7, 11) is 3.24. The number of carbonyl (C=O) groups is 1. The molecule has 1 heterocycles. The molecule has 3 aromatic carbocycles. The topological polar surface area (TPSA) is 48.0 Å². The predicted molar refractivity (Wildman–Crippen MR) is 131 cm³/mol. The molecule has 172 valence electrons. The number of fused-ring (bicyclic) bond motifs is 1. The summed E-state index contributed by atoms with van der Waals surface area (Å²) in [6, 6.07) is 18.8. The zero-order valence-corrected chi connectivity index (χ0v) is 20.1. The molecule has 0 saturated carbocycles. The van der Waals surface area contributed by atoms with Gasteiger partial charge in [0.15, 0.2) is 11.5 Å². The van der Waals surface area contributed by atoms with Crippen LogP contribution in [0.4, 0.5) is 5.69 Å². The Balaban J connectivity index is 1.87. The third-order valence-corrected chi connectivity index (χ3v) is 5.95. The number of nitrogens with zero attached hydrogens (tertiary/aromatic N) is 1. The number of carbonyl (C=O) groups excluding carboxylic acids is 1. The van der Waals surface area contributed by atoms with Crippen LogP contribution in [-0.4, -0.2) is 26.7 Å². The van der Waals surface area contributed by atoms with Gasteiger partial charge in [0, 0.05) is 10.7 Å². The molecule has 0 aliphatic carbocycles. The van der Waals surface area contributed by atoms with Crippen LogP contribution in [0, 0.1) is 5.92 Å². The molecule has 0 saturated heterocycles. The van der Waals surface area contributed by atoms with E-state index in [1.165, 1.54) is 0 Å². The van der Waals surface area contributed by atoms with Gasteiger partial charge in [-0.05, 0) is 71.1 Å². The lowest BCUT2D eigenvalue weighted by Crippen LogP contribution is -2.41. The summed E-state index contributed by atoms with van der Waals surface area (Å²) < 4.78 is 17.0. The van der Waals surface area contributed by atoms with Crippen LogP contribution in [0.3, 0.4) is 0 Å². The van der Waals surface area contributed by atoms with Crippen molar-refractivity contribution in [3.8, 4) is 17.2 Å². The summed E-state index contributed by atoms with van der Waals surface area (Å²) >= 11 is 6.17. The van der Waals surface area contributed by atoms with E-state index in [0.717, 1.165) is 28.1 Å². The lowest BCUT2D eigenvalue weighted by atomic mass is 9.87. The number of ether oxygens (including phenoxy) is 3. The van der Waals surface area contributed by atoms with E-state index in [-0.39, 0.29) is 18.4 Å². The largest absolute Gasteiger partial charge is 0.497 e. The summed E-state index contributed by atoms with van der Waals surface area (Å²) in [5.74, 6) is 2.42. The zero-order valence-electron chi connectivity index (χ0n) is 19.3. The van der Waals surface area contributed by atoms with Gasteiger partial charge in [0.2, 0.25) is 5.91 Å². The van der Waals surface area contributed by atoms with Crippen molar-refractivity contribution in [1.29, 1.82) is 0 Å². The molecule has 1 aliphatic rings. The van der Waals surface area contributed by atoms with Crippen LogP contribution in [0.1, 0.15) is 36.6 Å². The second-order valence-corrected chi connectivity index (χ2v) is 8.94. The fourth-order valence-electron chi connectivity index (χ4n) is 4.09. The second-order valence-electron chi connectivity index (χ2n) is 8.50. The third-order valence-electron chi connectivity index (χ3n) is 5.70. The van der Waals surface area contributed by atoms with Gasteiger partial charge in [-0.2, -0.15) is 0 Å². The lowest BCUT2D eigenvalue weighted by molar-refractivity contribution is -0.118. The first-order valence-corrected chi connectivity index (χ1v) is 11.3. The Hall–Kier alpha value is -3.18. The Bertz CT molecular complexity index is 1130. The highest BCUT2D eigenvalue weighted by Crippen LogP contribution is 2.43. The molecule has 1 amide bonds. The van der Waals surface area contributed by atoms with Crippen LogP contribution in [0.25, 0.3) is 0 Å². The van der Waals surface area contributed by atoms with Crippen LogP contribution in [0.2, 0.25) is 5.02 Å². The van der Waals surface area contributed by atoms with Gasteiger partial charge < -0.3 is 19.1 Å². The van der Waals surface area contributed by atoms with Gasteiger partial charge in [0.25, 0.3) is 0 Å². The summed E-state index contributed by atoms with van der Waals surface area (Å²) in [5.41, 5.74) is 3.70. The molecule has 0 aromatic heterocycles. The first-order chi connectivity index (χ1) is 15.9. The normalized spacial score (nSPS) is 15.4. The Labute approximate surface area is 199 Å². The SMILES string of the molecule is COc1ccc(N2C(=O)Cc3cc(OC)c(OCC(C)C)cc3C2c2ccc(Cl)cc2)cc1. The average molecular weight is 466 g/mol. The minimum absolute atomic E-state index is 0.00511. The molecule has 5 nitrogen and oxygen atoms in total. The fourth-order valence-corrected chi connectivity index (χ4v) is 4.22. The lowest BCUT2D eigenvalue weighted by Gasteiger charge is -2.38. The number of methoxy groups -OCH3 is 2. The number of halogens is 1. The Kier molecular flexibility index (Phi) is 6.80. The summed E-state index contributed by atoms with van der Waals surface area (Å²) in [6.45, 7) is 4.78. The molecular weight excluding hydrogens is 438 g/mol. The van der Waals surface area contributed by atoms with Crippen LogP contribution in [-0.2, 0) is 11.2 Å². The molecule has 33 heavy (non-hydrogen) atoms. The smallest absolute Gasteiger partial charge is 0.232 e. The van der Waals surface area contributed by atoms with Crippen molar-refractivity contribution in [2.75, 3.05) is 25.7 Å². The predicted octanol–water partition coefficient (Wildman–Crippen LogP) is 6.07. The number of hydrogen-bond acceptors (Lipinski definition) is 4. The maximum absolute atomic E-state index is 13.5. The highest BCUT2D eigenvalue weighted by molar-refractivity contribution is 6.30. The quantitative estimate of drug-likeness (QED) is 0.425.